The maximum absolute atomic E-state index is 12.8. The van der Waals surface area contributed by atoms with Crippen LogP contribution in [-0.2, 0) is 24.0 Å². The first-order valence-electron chi connectivity index (χ1n) is 16.6. The normalized spacial score (nSPS) is 11.1. The molecule has 8 N–H and O–H groups in total. The van der Waals surface area contributed by atoms with Crippen molar-refractivity contribution in [3.8, 4) is 0 Å². The molecule has 0 spiro atoms. The predicted molar refractivity (Wildman–Crippen MR) is 171 cm³/mol. The molecule has 0 aromatic carbocycles. The molecule has 0 atom stereocenters. The number of halogens is 6. The number of carboxylic acids is 4. The summed E-state index contributed by atoms with van der Waals surface area (Å²) in [5, 5.41) is 31.5. The van der Waals surface area contributed by atoms with Crippen LogP contribution < -0.4 is 21.7 Å². The van der Waals surface area contributed by atoms with E-state index in [2.05, 4.69) is 28.6 Å². The molecule has 0 saturated heterocycles. The lowest BCUT2D eigenvalue weighted by Gasteiger charge is -2.23. The second-order valence-electron chi connectivity index (χ2n) is 11.0. The fraction of sp³-hybridized carbons (Fsp3) is 0.833. The summed E-state index contributed by atoms with van der Waals surface area (Å²) in [6.07, 6.45) is 8.37. The van der Waals surface area contributed by atoms with Gasteiger partial charge in [-0.3, -0.25) is 25.2 Å². The van der Waals surface area contributed by atoms with Gasteiger partial charge in [0, 0.05) is 32.6 Å². The zero-order valence-corrected chi connectivity index (χ0v) is 28.6. The predicted octanol–water partition coefficient (Wildman–Crippen LogP) is 4.70. The summed E-state index contributed by atoms with van der Waals surface area (Å²) in [7, 11) is 0. The number of amides is 1. The monoisotopic (exact) mass is 743 g/mol. The van der Waals surface area contributed by atoms with Crippen molar-refractivity contribution in [2.75, 3.05) is 39.3 Å². The van der Waals surface area contributed by atoms with E-state index in [1.54, 1.807) is 0 Å². The zero-order chi connectivity index (χ0) is 38.8. The summed E-state index contributed by atoms with van der Waals surface area (Å²) in [4.78, 5) is 53.5. The molecule has 0 aliphatic rings. The maximum atomic E-state index is 12.8. The van der Waals surface area contributed by atoms with Gasteiger partial charge < -0.3 is 25.3 Å². The van der Waals surface area contributed by atoms with Gasteiger partial charge in [-0.25, -0.2) is 20.4 Å². The Morgan fingerprint density at radius 2 is 0.800 bits per heavy atom. The zero-order valence-electron chi connectivity index (χ0n) is 28.6. The molecule has 0 saturated carbocycles. The molecule has 0 aromatic heterocycles. The first-order valence-corrected chi connectivity index (χ1v) is 16.6. The van der Waals surface area contributed by atoms with Gasteiger partial charge in [0.1, 0.15) is 13.1 Å². The number of aliphatic carboxylic acids is 4. The van der Waals surface area contributed by atoms with Crippen LogP contribution in [0.1, 0.15) is 110 Å². The van der Waals surface area contributed by atoms with E-state index in [-0.39, 0.29) is 19.0 Å². The molecule has 0 fully saturated rings. The molecule has 0 heterocycles. The third kappa shape index (κ3) is 40.9. The Morgan fingerprint density at radius 3 is 1.08 bits per heavy atom. The van der Waals surface area contributed by atoms with Crippen LogP contribution in [0.25, 0.3) is 0 Å². The van der Waals surface area contributed by atoms with E-state index in [0.29, 0.717) is 45.4 Å². The van der Waals surface area contributed by atoms with Crippen LogP contribution in [-0.4, -0.2) is 107 Å². The second kappa shape index (κ2) is 32.9. The van der Waals surface area contributed by atoms with Crippen LogP contribution in [0.15, 0.2) is 0 Å². The van der Waals surface area contributed by atoms with Gasteiger partial charge in [-0.15, -0.1) is 0 Å². The first kappa shape index (κ1) is 51.1. The average Bonchev–Trinajstić information content (AvgIpc) is 3.01. The van der Waals surface area contributed by atoms with Crippen molar-refractivity contribution in [1.29, 1.82) is 0 Å². The SMILES string of the molecule is CCCCCCCCCCCCCCCC(=O)N(CCCNNCC(=O)O)CCCNNCC(=O)O.O=C(O)C(F)(F)F.O=C(O)C(F)(F)F. The molecule has 0 aliphatic heterocycles. The van der Waals surface area contributed by atoms with Gasteiger partial charge in [-0.05, 0) is 19.3 Å². The number of unbranched alkanes of at least 4 members (excludes halogenated alkanes) is 12. The van der Waals surface area contributed by atoms with Gasteiger partial charge in [0.25, 0.3) is 0 Å². The topological polar surface area (TPSA) is 218 Å². The van der Waals surface area contributed by atoms with Crippen molar-refractivity contribution in [2.24, 2.45) is 0 Å². The molecule has 0 unspecified atom stereocenters. The summed E-state index contributed by atoms with van der Waals surface area (Å²) in [5.74, 6) is -7.22. The third-order valence-corrected chi connectivity index (χ3v) is 6.52. The lowest BCUT2D eigenvalue weighted by Crippen LogP contribution is -2.40. The first-order chi connectivity index (χ1) is 23.4. The number of hydrazine groups is 2. The highest BCUT2D eigenvalue weighted by molar-refractivity contribution is 5.76. The highest BCUT2D eigenvalue weighted by Gasteiger charge is 2.38. The van der Waals surface area contributed by atoms with Gasteiger partial charge in [0.05, 0.1) is 0 Å². The molecule has 0 radical (unpaired) electrons. The highest BCUT2D eigenvalue weighted by atomic mass is 19.4. The smallest absolute Gasteiger partial charge is 0.480 e. The summed E-state index contributed by atoms with van der Waals surface area (Å²) < 4.78 is 63.5. The molecular formula is C30H55F6N5O9. The molecule has 50 heavy (non-hydrogen) atoms. The number of nitrogens with one attached hydrogen (secondary N) is 4. The molecular weight excluding hydrogens is 688 g/mol. The number of nitrogens with zero attached hydrogens (tertiary/aromatic N) is 1. The van der Waals surface area contributed by atoms with Crippen LogP contribution in [0.5, 0.6) is 0 Å². The molecule has 0 aromatic rings. The Morgan fingerprint density at radius 1 is 0.500 bits per heavy atom. The standard InChI is InChI=1S/C26H53N5O5.2C2HF3O2/c1-2-3-4-5-6-7-8-9-10-11-12-13-14-17-24(32)31(20-15-18-27-29-22-25(33)34)21-16-19-28-30-23-26(35)36;2*3-2(4,5)1(6)7/h27-30H,2-23H2,1H3,(H,33,34)(H,35,36);2*(H,6,7). The number of carbonyl (C=O) groups is 5. The highest BCUT2D eigenvalue weighted by Crippen LogP contribution is 2.15. The molecule has 14 nitrogen and oxygen atoms in total. The van der Waals surface area contributed by atoms with Gasteiger partial charge in [0.15, 0.2) is 0 Å². The van der Waals surface area contributed by atoms with Crippen LogP contribution in [0, 0.1) is 0 Å². The summed E-state index contributed by atoms with van der Waals surface area (Å²) in [6.45, 7) is 4.27. The van der Waals surface area contributed by atoms with Crippen molar-refractivity contribution in [2.45, 2.75) is 122 Å². The molecule has 0 rings (SSSR count). The Hall–Kier alpha value is -3.23. The minimum atomic E-state index is -5.08. The quantitative estimate of drug-likeness (QED) is 0.0310. The van der Waals surface area contributed by atoms with Crippen molar-refractivity contribution in [3.63, 3.8) is 0 Å². The van der Waals surface area contributed by atoms with E-state index >= 15 is 0 Å². The molecule has 20 heteroatoms. The lowest BCUT2D eigenvalue weighted by atomic mass is 10.0. The van der Waals surface area contributed by atoms with Crippen LogP contribution in [0.2, 0.25) is 0 Å². The number of alkyl halides is 6. The third-order valence-electron chi connectivity index (χ3n) is 6.52. The largest absolute Gasteiger partial charge is 0.490 e. The van der Waals surface area contributed by atoms with E-state index in [1.165, 1.54) is 70.6 Å². The summed E-state index contributed by atoms with van der Waals surface area (Å²) >= 11 is 0. The molecule has 296 valence electrons. The van der Waals surface area contributed by atoms with E-state index in [0.717, 1.165) is 12.8 Å². The van der Waals surface area contributed by atoms with Gasteiger partial charge in [0.2, 0.25) is 5.91 Å². The van der Waals surface area contributed by atoms with Crippen LogP contribution >= 0.6 is 0 Å². The fourth-order valence-electron chi connectivity index (χ4n) is 3.98. The summed E-state index contributed by atoms with van der Waals surface area (Å²) in [5.41, 5.74) is 11.0. The Labute approximate surface area is 288 Å². The van der Waals surface area contributed by atoms with Crippen molar-refractivity contribution in [1.82, 2.24) is 26.6 Å². The Balaban J connectivity index is -0.00000131. The van der Waals surface area contributed by atoms with Crippen molar-refractivity contribution in [3.05, 3.63) is 0 Å². The van der Waals surface area contributed by atoms with Gasteiger partial charge >= 0.3 is 36.2 Å². The number of carboxylic acid groups (broad SMARTS) is 4. The van der Waals surface area contributed by atoms with E-state index in [9.17, 15) is 40.7 Å². The van der Waals surface area contributed by atoms with Crippen molar-refractivity contribution < 1.29 is 70.7 Å². The van der Waals surface area contributed by atoms with Gasteiger partial charge in [-0.1, -0.05) is 84.0 Å². The van der Waals surface area contributed by atoms with Gasteiger partial charge in [-0.2, -0.15) is 26.3 Å². The number of carbonyl (C=O) groups excluding carboxylic acids is 1. The van der Waals surface area contributed by atoms with E-state index in [4.69, 9.17) is 30.0 Å². The Kier molecular flexibility index (Phi) is 33.7. The van der Waals surface area contributed by atoms with Crippen molar-refractivity contribution >= 4 is 29.8 Å². The minimum absolute atomic E-state index is 0.148. The lowest BCUT2D eigenvalue weighted by molar-refractivity contribution is -0.193. The molecule has 0 bridgehead atoms. The average molecular weight is 744 g/mol. The van der Waals surface area contributed by atoms with E-state index in [1.807, 2.05) is 4.90 Å². The number of hydrogen-bond donors (Lipinski definition) is 8. The molecule has 1 amide bonds. The van der Waals surface area contributed by atoms with Crippen LogP contribution in [0.4, 0.5) is 26.3 Å². The number of hydrogen-bond acceptors (Lipinski definition) is 9. The van der Waals surface area contributed by atoms with E-state index < -0.39 is 36.2 Å². The fourth-order valence-corrected chi connectivity index (χ4v) is 3.98. The maximum Gasteiger partial charge on any atom is 0.490 e. The minimum Gasteiger partial charge on any atom is -0.480 e. The summed E-state index contributed by atoms with van der Waals surface area (Å²) in [6, 6.07) is 0. The number of rotatable bonds is 28. The molecule has 0 aliphatic carbocycles. The Bertz CT molecular complexity index is 864. The van der Waals surface area contributed by atoms with Crippen LogP contribution in [0.3, 0.4) is 0 Å². The second-order valence-corrected chi connectivity index (χ2v) is 11.0.